The summed E-state index contributed by atoms with van der Waals surface area (Å²) in [5.41, 5.74) is -2.85. The molecule has 0 aliphatic carbocycles. The number of carbonyl (C=O) groups excluding carboxylic acids is 1. The summed E-state index contributed by atoms with van der Waals surface area (Å²) in [6.07, 6.45) is -18.3. The number of carbonyl (C=O) groups is 2. The van der Waals surface area contributed by atoms with Gasteiger partial charge in [0.05, 0.1) is 26.4 Å². The van der Waals surface area contributed by atoms with Crippen LogP contribution in [0.25, 0.3) is 0 Å². The summed E-state index contributed by atoms with van der Waals surface area (Å²) >= 11 is 0. The zero-order valence-corrected chi connectivity index (χ0v) is 18.5. The van der Waals surface area contributed by atoms with E-state index in [2.05, 4.69) is 4.74 Å². The Kier molecular flexibility index (Phi) is 12.4. The van der Waals surface area contributed by atoms with Crippen molar-refractivity contribution in [1.82, 2.24) is 0 Å². The molecule has 18 heteroatoms. The first kappa shape index (κ1) is 32.4. The van der Waals surface area contributed by atoms with Crippen molar-refractivity contribution in [3.8, 4) is 0 Å². The number of carboxylic acid groups (broad SMARTS) is 1. The number of esters is 1. The molecule has 0 aromatic heterocycles. The lowest BCUT2D eigenvalue weighted by molar-refractivity contribution is -0.294. The molecule has 2 saturated heterocycles. The molecule has 12 atom stereocenters. The molecule has 0 aromatic carbocycles. The third-order valence-electron chi connectivity index (χ3n) is 5.50. The van der Waals surface area contributed by atoms with Crippen LogP contribution >= 0.6 is 0 Å². The molecule has 4 unspecified atom stereocenters. The predicted octanol–water partition coefficient (Wildman–Crippen LogP) is -8.68. The van der Waals surface area contributed by atoms with Crippen molar-refractivity contribution in [2.75, 3.05) is 26.4 Å². The summed E-state index contributed by atoms with van der Waals surface area (Å²) < 4.78 is 14.2. The molecule has 2 aliphatic heterocycles. The zero-order chi connectivity index (χ0) is 28.0. The number of hydrogen-bond acceptors (Lipinski definition) is 17. The Morgan fingerprint density at radius 1 is 0.778 bits per heavy atom. The molecular formula is C18H32O18. The van der Waals surface area contributed by atoms with Gasteiger partial charge in [0.15, 0.2) is 6.10 Å². The topological polar surface area (TPSA) is 325 Å². The van der Waals surface area contributed by atoms with Crippen LogP contribution in [0.4, 0.5) is 0 Å². The second kappa shape index (κ2) is 13.8. The van der Waals surface area contributed by atoms with Gasteiger partial charge in [-0.05, 0) is 0 Å². The molecule has 0 bridgehead atoms. The quantitative estimate of drug-likeness (QED) is 0.128. The number of aliphatic carboxylic acids is 1. The van der Waals surface area contributed by atoms with Crippen LogP contribution in [-0.4, -0.2) is 178 Å². The van der Waals surface area contributed by atoms with E-state index in [4.69, 9.17) is 40.1 Å². The fraction of sp³-hybridized carbons (Fsp3) is 0.889. The summed E-state index contributed by atoms with van der Waals surface area (Å²) in [5, 5.41) is 119. The third kappa shape index (κ3) is 7.02. The molecule has 0 radical (unpaired) electrons. The third-order valence-corrected chi connectivity index (χ3v) is 5.50. The molecule has 18 nitrogen and oxygen atoms in total. The molecule has 36 heavy (non-hydrogen) atoms. The Morgan fingerprint density at radius 3 is 1.67 bits per heavy atom. The molecule has 2 fully saturated rings. The van der Waals surface area contributed by atoms with Crippen LogP contribution in [0.15, 0.2) is 0 Å². The van der Waals surface area contributed by atoms with Gasteiger partial charge in [0, 0.05) is 0 Å². The highest BCUT2D eigenvalue weighted by molar-refractivity contribution is 5.78. The number of aliphatic hydroxyl groups is 12. The Morgan fingerprint density at radius 2 is 1.25 bits per heavy atom. The largest absolute Gasteiger partial charge is 0.479 e. The van der Waals surface area contributed by atoms with Gasteiger partial charge in [-0.2, -0.15) is 0 Å². The molecule has 0 spiro atoms. The zero-order valence-electron chi connectivity index (χ0n) is 18.5. The van der Waals surface area contributed by atoms with Gasteiger partial charge < -0.3 is 80.6 Å². The molecule has 2 aliphatic rings. The molecular weight excluding hydrogens is 504 g/mol. The van der Waals surface area contributed by atoms with Gasteiger partial charge in [0.2, 0.25) is 11.9 Å². The fourth-order valence-corrected chi connectivity index (χ4v) is 3.21. The summed E-state index contributed by atoms with van der Waals surface area (Å²) in [6, 6.07) is 0. The number of carboxylic acids is 1. The average molecular weight is 536 g/mol. The highest BCUT2D eigenvalue weighted by Gasteiger charge is 2.56. The Balaban J connectivity index is 0.000000360. The van der Waals surface area contributed by atoms with Crippen LogP contribution in [0.2, 0.25) is 0 Å². The van der Waals surface area contributed by atoms with Gasteiger partial charge in [-0.25, -0.2) is 9.59 Å². The maximum absolute atomic E-state index is 11.1. The first-order valence-corrected chi connectivity index (χ1v) is 10.4. The SMILES string of the molecule is O=C(O)C(O)(CO)C1O[C@H](CO)[C@@H](O)[C@H](O)[C@@H]1O.O=C(OC1O[C@H](CO)[C@@H](O)[C@H](O)[C@@H]1O)C(O)CO. The van der Waals surface area contributed by atoms with Gasteiger partial charge in [0.1, 0.15) is 54.9 Å². The van der Waals surface area contributed by atoms with Crippen molar-refractivity contribution in [2.24, 2.45) is 0 Å². The van der Waals surface area contributed by atoms with Gasteiger partial charge in [-0.15, -0.1) is 0 Å². The van der Waals surface area contributed by atoms with E-state index in [1.807, 2.05) is 0 Å². The summed E-state index contributed by atoms with van der Waals surface area (Å²) in [7, 11) is 0. The summed E-state index contributed by atoms with van der Waals surface area (Å²) in [6.45, 7) is -3.58. The first-order valence-electron chi connectivity index (χ1n) is 10.4. The number of ether oxygens (including phenoxy) is 3. The maximum Gasteiger partial charge on any atom is 0.341 e. The van der Waals surface area contributed by atoms with E-state index < -0.39 is 111 Å². The Bertz CT molecular complexity index is 702. The molecule has 2 rings (SSSR count). The standard InChI is InChI=1S/2C9H16O9/c10-1-3-4(12)5(13)6(14)7(18-3)9(17,2-11)8(15)16;10-1-3(12)8(16)18-9-7(15)6(14)5(13)4(2-11)17-9/h3-7,10-14,17H,1-2H2,(H,15,16);3-7,9-15H,1-2H2/t3-,4-,5+,6+,7?,9?;3?,4-,5-,6+,7+,9?/m11/s1. The lowest BCUT2D eigenvalue weighted by Gasteiger charge is -2.44. The normalized spacial score (nSPS) is 39.2. The highest BCUT2D eigenvalue weighted by Crippen LogP contribution is 2.28. The minimum absolute atomic E-state index is 0.665. The van der Waals surface area contributed by atoms with E-state index in [1.54, 1.807) is 0 Å². The predicted molar refractivity (Wildman–Crippen MR) is 106 cm³/mol. The van der Waals surface area contributed by atoms with Crippen LogP contribution in [0, 0.1) is 0 Å². The van der Waals surface area contributed by atoms with Crippen molar-refractivity contribution in [1.29, 1.82) is 0 Å². The monoisotopic (exact) mass is 536 g/mol. The van der Waals surface area contributed by atoms with E-state index >= 15 is 0 Å². The van der Waals surface area contributed by atoms with E-state index in [9.17, 15) is 45.3 Å². The van der Waals surface area contributed by atoms with Crippen molar-refractivity contribution >= 4 is 11.9 Å². The highest BCUT2D eigenvalue weighted by atomic mass is 16.7. The van der Waals surface area contributed by atoms with E-state index in [0.717, 1.165) is 0 Å². The smallest absolute Gasteiger partial charge is 0.341 e. The van der Waals surface area contributed by atoms with E-state index in [1.165, 1.54) is 0 Å². The van der Waals surface area contributed by atoms with Crippen LogP contribution in [0.5, 0.6) is 0 Å². The number of aliphatic hydroxyl groups excluding tert-OH is 11. The molecule has 0 aromatic rings. The minimum atomic E-state index is -2.85. The first-order chi connectivity index (χ1) is 16.7. The van der Waals surface area contributed by atoms with Crippen LogP contribution in [0.3, 0.4) is 0 Å². The van der Waals surface area contributed by atoms with Crippen molar-refractivity contribution < 1.29 is 90.2 Å². The van der Waals surface area contributed by atoms with Gasteiger partial charge >= 0.3 is 11.9 Å². The van der Waals surface area contributed by atoms with Crippen molar-refractivity contribution in [3.05, 3.63) is 0 Å². The molecule has 0 saturated carbocycles. The lowest BCUT2D eigenvalue weighted by atomic mass is 9.85. The Hall–Kier alpha value is -1.62. The minimum Gasteiger partial charge on any atom is -0.479 e. The number of rotatable bonds is 8. The van der Waals surface area contributed by atoms with Gasteiger partial charge in [0.25, 0.3) is 0 Å². The van der Waals surface area contributed by atoms with Crippen LogP contribution in [0.1, 0.15) is 0 Å². The molecule has 0 amide bonds. The maximum atomic E-state index is 11.1. The second-order valence-electron chi connectivity index (χ2n) is 7.97. The van der Waals surface area contributed by atoms with E-state index in [-0.39, 0.29) is 0 Å². The number of hydrogen-bond donors (Lipinski definition) is 13. The molecule has 2 heterocycles. The van der Waals surface area contributed by atoms with Crippen LogP contribution < -0.4 is 0 Å². The summed E-state index contributed by atoms with van der Waals surface area (Å²) in [5.74, 6) is -3.13. The molecule has 212 valence electrons. The molecule has 13 N–H and O–H groups in total. The average Bonchev–Trinajstić information content (AvgIpc) is 2.86. The second-order valence-corrected chi connectivity index (χ2v) is 7.97. The van der Waals surface area contributed by atoms with Crippen molar-refractivity contribution in [2.45, 2.75) is 72.9 Å². The van der Waals surface area contributed by atoms with Gasteiger partial charge in [-0.1, -0.05) is 0 Å². The van der Waals surface area contributed by atoms with Crippen molar-refractivity contribution in [3.63, 3.8) is 0 Å². The Labute approximate surface area is 202 Å². The fourth-order valence-electron chi connectivity index (χ4n) is 3.21. The summed E-state index contributed by atoms with van der Waals surface area (Å²) in [4.78, 5) is 22.0. The lowest BCUT2D eigenvalue weighted by Crippen LogP contribution is -2.68. The van der Waals surface area contributed by atoms with Gasteiger partial charge in [-0.3, -0.25) is 0 Å². The van der Waals surface area contributed by atoms with E-state index in [0.29, 0.717) is 0 Å². The van der Waals surface area contributed by atoms with Crippen LogP contribution in [-0.2, 0) is 23.8 Å².